The number of nitrogens with zero attached hydrogens (tertiary/aromatic N) is 2. The minimum atomic E-state index is -1.06. The van der Waals surface area contributed by atoms with Crippen LogP contribution in [0.1, 0.15) is 24.5 Å². The van der Waals surface area contributed by atoms with Crippen LogP contribution < -0.4 is 15.8 Å². The lowest BCUT2D eigenvalue weighted by Crippen LogP contribution is -2.41. The number of pyridine rings is 1. The van der Waals surface area contributed by atoms with Crippen LogP contribution in [-0.2, 0) is 18.3 Å². The average Bonchev–Trinajstić information content (AvgIpc) is 2.80. The monoisotopic (exact) mass is 449 g/mol. The molecule has 8 nitrogen and oxygen atoms in total. The van der Waals surface area contributed by atoms with E-state index in [1.54, 1.807) is 25.1 Å². The summed E-state index contributed by atoms with van der Waals surface area (Å²) in [5, 5.41) is 22.2. The van der Waals surface area contributed by atoms with Gasteiger partial charge in [0.25, 0.3) is 5.56 Å². The van der Waals surface area contributed by atoms with Gasteiger partial charge in [-0.15, -0.1) is 0 Å². The van der Waals surface area contributed by atoms with Crippen LogP contribution in [0.3, 0.4) is 0 Å². The third-order valence-electron chi connectivity index (χ3n) is 5.36. The van der Waals surface area contributed by atoms with Crippen molar-refractivity contribution in [1.82, 2.24) is 9.88 Å². The van der Waals surface area contributed by atoms with E-state index in [4.69, 9.17) is 5.11 Å². The van der Waals surface area contributed by atoms with Crippen molar-refractivity contribution in [1.29, 1.82) is 0 Å². The molecule has 3 rings (SSSR count). The van der Waals surface area contributed by atoms with Crippen LogP contribution in [0.2, 0.25) is 0 Å². The van der Waals surface area contributed by atoms with Gasteiger partial charge in [-0.05, 0) is 42.2 Å². The van der Waals surface area contributed by atoms with E-state index in [0.717, 1.165) is 28.0 Å². The third-order valence-corrected chi connectivity index (χ3v) is 5.36. The number of benzene rings is 2. The second-order valence-electron chi connectivity index (χ2n) is 7.70. The summed E-state index contributed by atoms with van der Waals surface area (Å²) in [6, 6.07) is 14.3. The Balaban J connectivity index is 2.16. The summed E-state index contributed by atoms with van der Waals surface area (Å²) >= 11 is 0. The zero-order valence-corrected chi connectivity index (χ0v) is 18.8. The number of hydrogen-bond donors (Lipinski definition) is 3. The Morgan fingerprint density at radius 1 is 1.12 bits per heavy atom. The highest BCUT2D eigenvalue weighted by Crippen LogP contribution is 2.35. The molecule has 0 saturated carbocycles. The van der Waals surface area contributed by atoms with Crippen LogP contribution in [0.4, 0.5) is 16.2 Å². The molecule has 0 aliphatic rings. The van der Waals surface area contributed by atoms with Crippen LogP contribution in [0.25, 0.3) is 11.1 Å². The van der Waals surface area contributed by atoms with Crippen LogP contribution >= 0.6 is 0 Å². The number of urea groups is 1. The molecular weight excluding hydrogens is 422 g/mol. The molecule has 0 saturated heterocycles. The first-order chi connectivity index (χ1) is 15.7. The predicted octanol–water partition coefficient (Wildman–Crippen LogP) is 3.95. The van der Waals surface area contributed by atoms with Crippen molar-refractivity contribution < 1.29 is 19.8 Å². The summed E-state index contributed by atoms with van der Waals surface area (Å²) in [7, 11) is 1.53. The van der Waals surface area contributed by atoms with E-state index < -0.39 is 17.6 Å². The first-order valence-corrected chi connectivity index (χ1v) is 10.6. The normalized spacial score (nSPS) is 10.6. The third kappa shape index (κ3) is 5.06. The molecule has 0 fully saturated rings. The molecule has 33 heavy (non-hydrogen) atoms. The maximum Gasteiger partial charge on any atom is 0.326 e. The van der Waals surface area contributed by atoms with Gasteiger partial charge in [0.15, 0.2) is 5.69 Å². The Labute approximate surface area is 191 Å². The quantitative estimate of drug-likeness (QED) is 0.506. The summed E-state index contributed by atoms with van der Waals surface area (Å²) < 4.78 is 1.29. The zero-order valence-electron chi connectivity index (χ0n) is 18.8. The number of aliphatic carboxylic acids is 1. The minimum absolute atomic E-state index is 0.129. The number of aromatic hydroxyl groups is 1. The first kappa shape index (κ1) is 23.6. The second-order valence-corrected chi connectivity index (χ2v) is 7.70. The van der Waals surface area contributed by atoms with Gasteiger partial charge in [0.1, 0.15) is 5.75 Å². The van der Waals surface area contributed by atoms with Gasteiger partial charge in [0.2, 0.25) is 0 Å². The number of carbonyl (C=O) groups excluding carboxylic acids is 1. The Kier molecular flexibility index (Phi) is 7.17. The van der Waals surface area contributed by atoms with Crippen LogP contribution in [-0.4, -0.2) is 33.3 Å². The fourth-order valence-corrected chi connectivity index (χ4v) is 3.69. The number of carbonyl (C=O) groups is 2. The minimum Gasteiger partial charge on any atom is -0.505 e. The standard InChI is InChI=1S/C25H27N3O5/c1-4-17-8-5-6-11-20(17)18-9-7-10-19(14-18)28(25(33)26-13-12-21(29)30)22-23(31)16(2)15-27(3)24(22)32/h5-11,14-15,31H,4,12-13H2,1-3H3,(H,26,33)(H,29,30). The Bertz CT molecular complexity index is 1250. The highest BCUT2D eigenvalue weighted by atomic mass is 16.4. The summed E-state index contributed by atoms with van der Waals surface area (Å²) in [4.78, 5) is 38.2. The van der Waals surface area contributed by atoms with Gasteiger partial charge in [-0.2, -0.15) is 0 Å². The molecule has 1 heterocycles. The van der Waals surface area contributed by atoms with Gasteiger partial charge in [-0.3, -0.25) is 14.5 Å². The molecule has 0 unspecified atom stereocenters. The van der Waals surface area contributed by atoms with E-state index in [0.29, 0.717) is 11.3 Å². The number of carboxylic acids is 1. The van der Waals surface area contributed by atoms with E-state index in [1.165, 1.54) is 17.8 Å². The summed E-state index contributed by atoms with van der Waals surface area (Å²) in [5.74, 6) is -1.37. The Morgan fingerprint density at radius 3 is 2.55 bits per heavy atom. The molecule has 2 amide bonds. The number of aromatic nitrogens is 1. The molecule has 0 radical (unpaired) electrons. The van der Waals surface area contributed by atoms with E-state index in [9.17, 15) is 19.5 Å². The van der Waals surface area contributed by atoms with Crippen molar-refractivity contribution in [2.24, 2.45) is 7.05 Å². The topological polar surface area (TPSA) is 112 Å². The molecular formula is C25H27N3O5. The van der Waals surface area contributed by atoms with Gasteiger partial charge >= 0.3 is 12.0 Å². The summed E-state index contributed by atoms with van der Waals surface area (Å²) in [5.41, 5.74) is 2.98. The van der Waals surface area contributed by atoms with Crippen molar-refractivity contribution in [3.05, 3.63) is 76.2 Å². The van der Waals surface area contributed by atoms with E-state index >= 15 is 0 Å². The lowest BCUT2D eigenvalue weighted by atomic mass is 9.97. The molecule has 172 valence electrons. The lowest BCUT2D eigenvalue weighted by Gasteiger charge is -2.25. The molecule has 0 aliphatic carbocycles. The van der Waals surface area contributed by atoms with E-state index in [-0.39, 0.29) is 24.4 Å². The number of rotatable bonds is 7. The molecule has 2 aromatic carbocycles. The number of carboxylic acid groups (broad SMARTS) is 1. The number of amides is 2. The van der Waals surface area contributed by atoms with Gasteiger partial charge < -0.3 is 20.1 Å². The van der Waals surface area contributed by atoms with E-state index in [2.05, 4.69) is 12.2 Å². The number of anilines is 2. The van der Waals surface area contributed by atoms with Crippen molar-refractivity contribution >= 4 is 23.4 Å². The molecule has 1 aromatic heterocycles. The number of aryl methyl sites for hydroxylation is 3. The fraction of sp³-hybridized carbons (Fsp3) is 0.240. The van der Waals surface area contributed by atoms with Crippen LogP contribution in [0, 0.1) is 6.92 Å². The van der Waals surface area contributed by atoms with Gasteiger partial charge in [-0.1, -0.05) is 43.3 Å². The molecule has 0 spiro atoms. The lowest BCUT2D eigenvalue weighted by molar-refractivity contribution is -0.136. The van der Waals surface area contributed by atoms with Crippen molar-refractivity contribution in [2.45, 2.75) is 26.7 Å². The van der Waals surface area contributed by atoms with E-state index in [1.807, 2.05) is 30.3 Å². The molecule has 3 N–H and O–H groups in total. The largest absolute Gasteiger partial charge is 0.505 e. The maximum absolute atomic E-state index is 13.2. The molecule has 8 heteroatoms. The second kappa shape index (κ2) is 10.0. The van der Waals surface area contributed by atoms with Crippen LogP contribution in [0.15, 0.2) is 59.5 Å². The first-order valence-electron chi connectivity index (χ1n) is 10.6. The predicted molar refractivity (Wildman–Crippen MR) is 127 cm³/mol. The van der Waals surface area contributed by atoms with Gasteiger partial charge in [-0.25, -0.2) is 4.79 Å². The fourth-order valence-electron chi connectivity index (χ4n) is 3.69. The van der Waals surface area contributed by atoms with Crippen molar-refractivity contribution in [3.8, 4) is 16.9 Å². The van der Waals surface area contributed by atoms with Crippen molar-refractivity contribution in [2.75, 3.05) is 11.4 Å². The smallest absolute Gasteiger partial charge is 0.326 e. The number of nitrogens with one attached hydrogen (secondary N) is 1. The van der Waals surface area contributed by atoms with Gasteiger partial charge in [0.05, 0.1) is 12.1 Å². The highest BCUT2D eigenvalue weighted by molar-refractivity contribution is 6.01. The Hall–Kier alpha value is -4.07. The molecule has 0 atom stereocenters. The molecule has 3 aromatic rings. The summed E-state index contributed by atoms with van der Waals surface area (Å²) in [6.45, 7) is 3.56. The maximum atomic E-state index is 13.2. The SMILES string of the molecule is CCc1ccccc1-c1cccc(N(C(=O)NCCC(=O)O)c2c(O)c(C)cn(C)c2=O)c1. The number of hydrogen-bond acceptors (Lipinski definition) is 4. The van der Waals surface area contributed by atoms with Crippen molar-refractivity contribution in [3.63, 3.8) is 0 Å². The Morgan fingerprint density at radius 2 is 1.85 bits per heavy atom. The highest BCUT2D eigenvalue weighted by Gasteiger charge is 2.26. The molecule has 0 bridgehead atoms. The summed E-state index contributed by atoms with van der Waals surface area (Å²) in [6.07, 6.45) is 2.02. The van der Waals surface area contributed by atoms with Crippen LogP contribution in [0.5, 0.6) is 5.75 Å². The molecule has 0 aliphatic heterocycles. The average molecular weight is 450 g/mol. The van der Waals surface area contributed by atoms with Gasteiger partial charge in [0, 0.05) is 25.4 Å². The zero-order chi connectivity index (χ0) is 24.1.